The van der Waals surface area contributed by atoms with E-state index in [1.165, 1.54) is 0 Å². The van der Waals surface area contributed by atoms with Gasteiger partial charge in [0, 0.05) is 19.7 Å². The number of nitrogens with one attached hydrogen (secondary N) is 1. The third-order valence-electron chi connectivity index (χ3n) is 2.81. The predicted molar refractivity (Wildman–Crippen MR) is 72.4 cm³/mol. The molecule has 4 nitrogen and oxygen atoms in total. The summed E-state index contributed by atoms with van der Waals surface area (Å²) in [4.78, 5) is 8.42. The molecule has 0 unspecified atom stereocenters. The number of benzene rings is 1. The monoisotopic (exact) mass is 261 g/mol. The summed E-state index contributed by atoms with van der Waals surface area (Å²) in [6.07, 6.45) is 0. The van der Waals surface area contributed by atoms with Crippen molar-refractivity contribution in [1.82, 2.24) is 9.97 Å². The molecule has 0 fully saturated rings. The Bertz CT molecular complexity index is 587. The van der Waals surface area contributed by atoms with E-state index in [0.29, 0.717) is 18.1 Å². The Labute approximate surface area is 111 Å². The Morgan fingerprint density at radius 3 is 2.68 bits per heavy atom. The van der Waals surface area contributed by atoms with E-state index in [2.05, 4.69) is 15.3 Å². The van der Waals surface area contributed by atoms with Crippen LogP contribution < -0.4 is 5.32 Å². The molecule has 0 aliphatic heterocycles. The molecule has 2 aromatic rings. The number of halogens is 1. The van der Waals surface area contributed by atoms with E-state index in [-0.39, 0.29) is 5.82 Å². The normalized spacial score (nSPS) is 10.5. The van der Waals surface area contributed by atoms with Crippen LogP contribution in [0, 0.1) is 12.7 Å². The zero-order chi connectivity index (χ0) is 13.8. The molecule has 0 spiro atoms. The molecule has 19 heavy (non-hydrogen) atoms. The fourth-order valence-corrected chi connectivity index (χ4v) is 1.87. The molecular formula is C14H16FN3O. The van der Waals surface area contributed by atoms with Crippen LogP contribution in [0.15, 0.2) is 24.3 Å². The van der Waals surface area contributed by atoms with Gasteiger partial charge in [0.1, 0.15) is 0 Å². The van der Waals surface area contributed by atoms with E-state index in [9.17, 15) is 4.39 Å². The highest BCUT2D eigenvalue weighted by molar-refractivity contribution is 5.62. The number of aryl methyl sites for hydroxylation is 1. The summed E-state index contributed by atoms with van der Waals surface area (Å²) in [5.74, 6) is 0.279. The maximum atomic E-state index is 13.7. The highest BCUT2D eigenvalue weighted by Crippen LogP contribution is 2.24. The van der Waals surface area contributed by atoms with Crippen molar-refractivity contribution in [3.05, 3.63) is 41.3 Å². The molecule has 0 aliphatic carbocycles. The van der Waals surface area contributed by atoms with Gasteiger partial charge in [0.2, 0.25) is 0 Å². The second-order valence-electron chi connectivity index (χ2n) is 4.14. The Kier molecular flexibility index (Phi) is 4.06. The van der Waals surface area contributed by atoms with Gasteiger partial charge in [0.05, 0.1) is 12.3 Å². The lowest BCUT2D eigenvalue weighted by Crippen LogP contribution is -2.04. The average molecular weight is 261 g/mol. The third kappa shape index (κ3) is 2.71. The first-order chi connectivity index (χ1) is 9.17. The molecule has 1 aromatic heterocycles. The van der Waals surface area contributed by atoms with Crippen LogP contribution in [-0.2, 0) is 11.3 Å². The fourth-order valence-electron chi connectivity index (χ4n) is 1.87. The molecule has 0 amide bonds. The molecule has 0 bridgehead atoms. The second-order valence-corrected chi connectivity index (χ2v) is 4.14. The Hall–Kier alpha value is -2.01. The van der Waals surface area contributed by atoms with Gasteiger partial charge < -0.3 is 10.1 Å². The van der Waals surface area contributed by atoms with E-state index in [0.717, 1.165) is 11.1 Å². The standard InChI is InChI=1S/C14H16FN3O/c1-9-12(15)14(16-2)18-13(17-9)11-7-5-4-6-10(11)8-19-3/h4-7H,8H2,1-3H3,(H,16,17,18). The smallest absolute Gasteiger partial charge is 0.186 e. The molecule has 1 aromatic carbocycles. The van der Waals surface area contributed by atoms with Gasteiger partial charge in [-0.05, 0) is 12.5 Å². The molecule has 1 heterocycles. The van der Waals surface area contributed by atoms with E-state index in [4.69, 9.17) is 4.74 Å². The summed E-state index contributed by atoms with van der Waals surface area (Å²) in [6.45, 7) is 2.09. The minimum absolute atomic E-state index is 0.203. The lowest BCUT2D eigenvalue weighted by molar-refractivity contribution is 0.185. The topological polar surface area (TPSA) is 47.0 Å². The molecule has 5 heteroatoms. The SMILES string of the molecule is CNc1nc(-c2ccccc2COC)nc(C)c1F. The zero-order valence-corrected chi connectivity index (χ0v) is 11.2. The van der Waals surface area contributed by atoms with E-state index >= 15 is 0 Å². The molecule has 0 atom stereocenters. The molecule has 1 N–H and O–H groups in total. The zero-order valence-electron chi connectivity index (χ0n) is 11.2. The first-order valence-electron chi connectivity index (χ1n) is 5.96. The number of rotatable bonds is 4. The Morgan fingerprint density at radius 2 is 2.00 bits per heavy atom. The lowest BCUT2D eigenvalue weighted by Gasteiger charge is -2.10. The van der Waals surface area contributed by atoms with Crippen LogP contribution >= 0.6 is 0 Å². The molecule has 0 aliphatic rings. The Morgan fingerprint density at radius 1 is 1.26 bits per heavy atom. The highest BCUT2D eigenvalue weighted by Gasteiger charge is 2.13. The predicted octanol–water partition coefficient (Wildman–Crippen LogP) is 2.78. The fraction of sp³-hybridized carbons (Fsp3) is 0.286. The molecule has 100 valence electrons. The van der Waals surface area contributed by atoms with Crippen LogP contribution in [0.4, 0.5) is 10.2 Å². The van der Waals surface area contributed by atoms with Crippen molar-refractivity contribution in [3.63, 3.8) is 0 Å². The molecule has 0 saturated heterocycles. The minimum atomic E-state index is -0.421. The largest absolute Gasteiger partial charge is 0.380 e. The first kappa shape index (κ1) is 13.4. The number of hydrogen-bond donors (Lipinski definition) is 1. The molecule has 0 radical (unpaired) electrons. The Balaban J connectivity index is 2.56. The van der Waals surface area contributed by atoms with E-state index in [1.807, 2.05) is 24.3 Å². The molecular weight excluding hydrogens is 245 g/mol. The quantitative estimate of drug-likeness (QED) is 0.919. The van der Waals surface area contributed by atoms with Gasteiger partial charge in [0.15, 0.2) is 17.5 Å². The van der Waals surface area contributed by atoms with E-state index < -0.39 is 5.82 Å². The first-order valence-corrected chi connectivity index (χ1v) is 5.96. The van der Waals surface area contributed by atoms with Crippen molar-refractivity contribution in [2.75, 3.05) is 19.5 Å². The summed E-state index contributed by atoms with van der Waals surface area (Å²) in [6, 6.07) is 7.67. The maximum absolute atomic E-state index is 13.7. The number of methoxy groups -OCH3 is 1. The number of nitrogens with zero attached hydrogens (tertiary/aromatic N) is 2. The third-order valence-corrected chi connectivity index (χ3v) is 2.81. The van der Waals surface area contributed by atoms with Crippen LogP contribution in [-0.4, -0.2) is 24.1 Å². The van der Waals surface area contributed by atoms with Crippen molar-refractivity contribution >= 4 is 5.82 Å². The van der Waals surface area contributed by atoms with Crippen LogP contribution in [0.5, 0.6) is 0 Å². The van der Waals surface area contributed by atoms with Gasteiger partial charge in [-0.3, -0.25) is 0 Å². The summed E-state index contributed by atoms with van der Waals surface area (Å²) in [5.41, 5.74) is 2.14. The number of anilines is 1. The minimum Gasteiger partial charge on any atom is -0.380 e. The summed E-state index contributed by atoms with van der Waals surface area (Å²) >= 11 is 0. The summed E-state index contributed by atoms with van der Waals surface area (Å²) in [5, 5.41) is 2.74. The highest BCUT2D eigenvalue weighted by atomic mass is 19.1. The number of hydrogen-bond acceptors (Lipinski definition) is 4. The molecule has 2 rings (SSSR count). The van der Waals surface area contributed by atoms with Crippen LogP contribution in [0.1, 0.15) is 11.3 Å². The van der Waals surface area contributed by atoms with Gasteiger partial charge >= 0.3 is 0 Å². The van der Waals surface area contributed by atoms with Crippen molar-refractivity contribution < 1.29 is 9.13 Å². The van der Waals surface area contributed by atoms with Crippen LogP contribution in [0.3, 0.4) is 0 Å². The van der Waals surface area contributed by atoms with Gasteiger partial charge in [-0.1, -0.05) is 24.3 Å². The van der Waals surface area contributed by atoms with Gasteiger partial charge in [-0.25, -0.2) is 14.4 Å². The maximum Gasteiger partial charge on any atom is 0.186 e. The van der Waals surface area contributed by atoms with Crippen molar-refractivity contribution in [1.29, 1.82) is 0 Å². The van der Waals surface area contributed by atoms with Crippen LogP contribution in [0.2, 0.25) is 0 Å². The van der Waals surface area contributed by atoms with Crippen molar-refractivity contribution in [2.24, 2.45) is 0 Å². The van der Waals surface area contributed by atoms with Crippen LogP contribution in [0.25, 0.3) is 11.4 Å². The summed E-state index contributed by atoms with van der Waals surface area (Å²) < 4.78 is 18.9. The lowest BCUT2D eigenvalue weighted by atomic mass is 10.1. The van der Waals surface area contributed by atoms with Gasteiger partial charge in [0.25, 0.3) is 0 Å². The number of aromatic nitrogens is 2. The van der Waals surface area contributed by atoms with Gasteiger partial charge in [-0.2, -0.15) is 0 Å². The van der Waals surface area contributed by atoms with E-state index in [1.54, 1.807) is 21.1 Å². The number of ether oxygens (including phenoxy) is 1. The second kappa shape index (κ2) is 5.75. The average Bonchev–Trinajstić information content (AvgIpc) is 2.43. The van der Waals surface area contributed by atoms with Gasteiger partial charge in [-0.15, -0.1) is 0 Å². The van der Waals surface area contributed by atoms with Crippen molar-refractivity contribution in [2.45, 2.75) is 13.5 Å². The molecule has 0 saturated carbocycles. The van der Waals surface area contributed by atoms with Crippen molar-refractivity contribution in [3.8, 4) is 11.4 Å². The summed E-state index contributed by atoms with van der Waals surface area (Å²) in [7, 11) is 3.27.